The SMILES string of the molecule is Cc1sc(C(=O)NCc2ccc(OCC(C)O)cc2)c2c1C1[C@@H](C2)[C@@H]1I(C)C. The van der Waals surface area contributed by atoms with Crippen molar-refractivity contribution < 1.29 is 14.6 Å². The fourth-order valence-electron chi connectivity index (χ4n) is 4.39. The average Bonchev–Trinajstić information content (AvgIpc) is 3.07. The number of carbonyl (C=O) groups is 1. The third-order valence-electron chi connectivity index (χ3n) is 5.66. The minimum atomic E-state index is -0.770. The van der Waals surface area contributed by atoms with Crippen molar-refractivity contribution in [2.75, 3.05) is 16.5 Å². The number of benzene rings is 1. The molecule has 152 valence electrons. The third-order valence-corrected chi connectivity index (χ3v) is 11.4. The summed E-state index contributed by atoms with van der Waals surface area (Å²) in [6.45, 7) is 4.67. The van der Waals surface area contributed by atoms with Crippen molar-refractivity contribution in [3.63, 3.8) is 0 Å². The second-order valence-corrected chi connectivity index (χ2v) is 15.3. The van der Waals surface area contributed by atoms with Crippen LogP contribution in [0.3, 0.4) is 0 Å². The molecule has 0 spiro atoms. The number of alkyl halides is 3. The number of rotatable bonds is 7. The van der Waals surface area contributed by atoms with Crippen LogP contribution >= 0.6 is 31.2 Å². The molecule has 0 aliphatic heterocycles. The maximum absolute atomic E-state index is 12.8. The molecule has 6 heteroatoms. The van der Waals surface area contributed by atoms with E-state index in [2.05, 4.69) is 22.1 Å². The molecule has 0 bridgehead atoms. The molecule has 4 rings (SSSR count). The Morgan fingerprint density at radius 1 is 1.36 bits per heavy atom. The number of halogens is 1. The van der Waals surface area contributed by atoms with Crippen LogP contribution in [0.15, 0.2) is 24.3 Å². The first kappa shape index (κ1) is 20.2. The van der Waals surface area contributed by atoms with Crippen molar-refractivity contribution >= 4 is 37.1 Å². The Hall–Kier alpha value is -1.12. The number of fused-ring (bicyclic) bond motifs is 3. The number of amides is 1. The van der Waals surface area contributed by atoms with E-state index in [1.165, 1.54) is 16.0 Å². The number of hydrogen-bond acceptors (Lipinski definition) is 4. The molecule has 1 aromatic heterocycles. The van der Waals surface area contributed by atoms with Gasteiger partial charge in [-0.2, -0.15) is 0 Å². The molecule has 28 heavy (non-hydrogen) atoms. The molecule has 0 radical (unpaired) electrons. The van der Waals surface area contributed by atoms with Gasteiger partial charge in [0.05, 0.1) is 6.10 Å². The van der Waals surface area contributed by atoms with Crippen LogP contribution in [0.5, 0.6) is 5.75 Å². The van der Waals surface area contributed by atoms with Crippen molar-refractivity contribution in [1.29, 1.82) is 0 Å². The number of aliphatic hydroxyl groups is 1. The van der Waals surface area contributed by atoms with Gasteiger partial charge in [0, 0.05) is 0 Å². The summed E-state index contributed by atoms with van der Waals surface area (Å²) in [5.41, 5.74) is 3.90. The second kappa shape index (κ2) is 7.95. The van der Waals surface area contributed by atoms with Crippen LogP contribution in [-0.2, 0) is 13.0 Å². The number of hydrogen-bond donors (Lipinski definition) is 2. The van der Waals surface area contributed by atoms with Crippen molar-refractivity contribution in [3.05, 3.63) is 50.7 Å². The Bertz CT molecular complexity index is 875. The molecule has 1 fully saturated rings. The molecule has 2 aliphatic carbocycles. The molecule has 1 amide bonds. The molecule has 1 aromatic carbocycles. The van der Waals surface area contributed by atoms with E-state index >= 15 is 0 Å². The van der Waals surface area contributed by atoms with E-state index in [-0.39, 0.29) is 12.5 Å². The van der Waals surface area contributed by atoms with Crippen LogP contribution in [0.4, 0.5) is 0 Å². The van der Waals surface area contributed by atoms with Gasteiger partial charge >= 0.3 is 149 Å². The van der Waals surface area contributed by atoms with Crippen LogP contribution in [-0.4, -0.2) is 37.5 Å². The van der Waals surface area contributed by atoms with E-state index in [9.17, 15) is 9.90 Å². The zero-order chi connectivity index (χ0) is 20.0. The Labute approximate surface area is 178 Å². The van der Waals surface area contributed by atoms with Gasteiger partial charge in [-0.05, 0) is 6.92 Å². The van der Waals surface area contributed by atoms with Crippen LogP contribution < -0.4 is 10.1 Å². The zero-order valence-corrected chi connectivity index (χ0v) is 19.8. The molecule has 2 unspecified atom stereocenters. The summed E-state index contributed by atoms with van der Waals surface area (Å²) in [7, 11) is 0. The molecule has 4 nitrogen and oxygen atoms in total. The van der Waals surface area contributed by atoms with Gasteiger partial charge in [0.1, 0.15) is 6.61 Å². The van der Waals surface area contributed by atoms with E-state index in [4.69, 9.17) is 4.74 Å². The van der Waals surface area contributed by atoms with Crippen molar-refractivity contribution in [2.45, 2.75) is 42.8 Å². The van der Waals surface area contributed by atoms with Gasteiger partial charge in [0.15, 0.2) is 0 Å². The predicted molar refractivity (Wildman–Crippen MR) is 123 cm³/mol. The van der Waals surface area contributed by atoms with Crippen LogP contribution in [0.25, 0.3) is 0 Å². The quantitative estimate of drug-likeness (QED) is 0.432. The van der Waals surface area contributed by atoms with E-state index in [0.29, 0.717) is 6.54 Å². The predicted octanol–water partition coefficient (Wildman–Crippen LogP) is 4.15. The number of aryl methyl sites for hydroxylation is 1. The summed E-state index contributed by atoms with van der Waals surface area (Å²) in [6.07, 6.45) is 0.627. The number of aliphatic hydroxyl groups excluding tert-OH is 1. The van der Waals surface area contributed by atoms with Crippen LogP contribution in [0.1, 0.15) is 44.1 Å². The first-order valence-corrected chi connectivity index (χ1v) is 16.0. The van der Waals surface area contributed by atoms with Gasteiger partial charge in [-0.25, -0.2) is 0 Å². The van der Waals surface area contributed by atoms with E-state index in [1.54, 1.807) is 18.3 Å². The molecular weight excluding hydrogens is 485 g/mol. The minimum absolute atomic E-state index is 0.0602. The molecule has 0 saturated heterocycles. The van der Waals surface area contributed by atoms with Gasteiger partial charge < -0.3 is 9.84 Å². The first-order valence-electron chi connectivity index (χ1n) is 9.65. The summed E-state index contributed by atoms with van der Waals surface area (Å²) in [5.74, 6) is 2.39. The summed E-state index contributed by atoms with van der Waals surface area (Å²) in [6, 6.07) is 7.66. The van der Waals surface area contributed by atoms with Gasteiger partial charge in [-0.3, -0.25) is 0 Å². The van der Waals surface area contributed by atoms with Crippen LogP contribution in [0, 0.1) is 12.8 Å². The fraction of sp³-hybridized carbons (Fsp3) is 0.500. The first-order chi connectivity index (χ1) is 13.4. The molecule has 2 N–H and O–H groups in total. The molecule has 4 atom stereocenters. The normalized spacial score (nSPS) is 23.6. The van der Waals surface area contributed by atoms with Gasteiger partial charge in [0.2, 0.25) is 0 Å². The summed E-state index contributed by atoms with van der Waals surface area (Å²) in [4.78, 5) is 20.1. The van der Waals surface area contributed by atoms with Gasteiger partial charge in [-0.15, -0.1) is 0 Å². The fourth-order valence-corrected chi connectivity index (χ4v) is 10.3. The summed E-state index contributed by atoms with van der Waals surface area (Å²) < 4.78 is 6.45. The zero-order valence-electron chi connectivity index (χ0n) is 16.8. The van der Waals surface area contributed by atoms with Crippen molar-refractivity contribution in [2.24, 2.45) is 5.92 Å². The van der Waals surface area contributed by atoms with Crippen molar-refractivity contribution in [1.82, 2.24) is 5.32 Å². The molecule has 1 saturated carbocycles. The number of nitrogens with one attached hydrogen (secondary N) is 1. The summed E-state index contributed by atoms with van der Waals surface area (Å²) in [5, 5.41) is 12.4. The van der Waals surface area contributed by atoms with Gasteiger partial charge in [0.25, 0.3) is 0 Å². The number of ether oxygens (including phenoxy) is 1. The molecule has 2 aromatic rings. The van der Waals surface area contributed by atoms with E-state index in [0.717, 1.165) is 38.4 Å². The Morgan fingerprint density at radius 2 is 2.07 bits per heavy atom. The average molecular weight is 513 g/mol. The number of thiophene rings is 1. The standard InChI is InChI=1S/C22H28INO3S/c1-12(25)11-27-15-7-5-14(6-8-15)10-24-22(26)21-17-9-16-19(20(16)23(3)4)18(17)13(2)28-21/h5-8,12,16,19-20,25H,9-11H2,1-4H3,(H,24,26)/t12?,16-,19?,20+/m1/s1. The number of carbonyl (C=O) groups excluding carboxylic acids is 1. The van der Waals surface area contributed by atoms with Gasteiger partial charge in [-0.1, -0.05) is 0 Å². The van der Waals surface area contributed by atoms with E-state index < -0.39 is 25.9 Å². The Balaban J connectivity index is 1.37. The maximum atomic E-state index is 12.8. The van der Waals surface area contributed by atoms with E-state index in [1.807, 2.05) is 24.3 Å². The molecule has 1 heterocycles. The Kier molecular flexibility index (Phi) is 5.73. The third kappa shape index (κ3) is 3.83. The second-order valence-electron chi connectivity index (χ2n) is 8.02. The summed E-state index contributed by atoms with van der Waals surface area (Å²) >= 11 is 0.908. The monoisotopic (exact) mass is 513 g/mol. The Morgan fingerprint density at radius 3 is 2.71 bits per heavy atom. The topological polar surface area (TPSA) is 58.6 Å². The molecular formula is C22H28INO3S. The molecule has 2 aliphatic rings. The van der Waals surface area contributed by atoms with Crippen LogP contribution in [0.2, 0.25) is 0 Å². The van der Waals surface area contributed by atoms with Crippen molar-refractivity contribution in [3.8, 4) is 5.75 Å².